The summed E-state index contributed by atoms with van der Waals surface area (Å²) in [7, 11) is 0. The lowest BCUT2D eigenvalue weighted by molar-refractivity contribution is -0.385. The van der Waals surface area contributed by atoms with E-state index in [0.717, 1.165) is 0 Å². The molecule has 1 rings (SSSR count). The summed E-state index contributed by atoms with van der Waals surface area (Å²) >= 11 is 0. The van der Waals surface area contributed by atoms with Crippen molar-refractivity contribution in [3.63, 3.8) is 0 Å². The molecule has 0 fully saturated rings. The molecule has 0 radical (unpaired) electrons. The summed E-state index contributed by atoms with van der Waals surface area (Å²) in [6, 6.07) is 2.37. The van der Waals surface area contributed by atoms with E-state index in [4.69, 9.17) is 10.4 Å². The summed E-state index contributed by atoms with van der Waals surface area (Å²) in [6.45, 7) is -1.04. The van der Waals surface area contributed by atoms with Crippen LogP contribution in [0.3, 0.4) is 0 Å². The molecule has 0 aliphatic carbocycles. The number of hydrogen-bond donors (Lipinski definition) is 1. The van der Waals surface area contributed by atoms with Gasteiger partial charge in [-0.15, -0.1) is 0 Å². The number of hydrogen-bond acceptors (Lipinski definition) is 4. The smallest absolute Gasteiger partial charge is 0.392 e. The van der Waals surface area contributed by atoms with Crippen LogP contribution in [0.25, 0.3) is 0 Å². The van der Waals surface area contributed by atoms with Crippen LogP contribution in [0.15, 0.2) is 12.1 Å². The van der Waals surface area contributed by atoms with E-state index in [-0.39, 0.29) is 0 Å². The molecule has 5 nitrogen and oxygen atoms in total. The molecule has 0 unspecified atom stereocenters. The maximum atomic E-state index is 12.6. The van der Waals surface area contributed by atoms with Crippen LogP contribution in [-0.2, 0) is 12.8 Å². The van der Waals surface area contributed by atoms with E-state index in [1.54, 1.807) is 0 Å². The number of benzene rings is 1. The zero-order chi connectivity index (χ0) is 13.2. The Bertz CT molecular complexity index is 505. The molecule has 0 aliphatic rings. The molecular weight excluding hydrogens is 241 g/mol. The van der Waals surface area contributed by atoms with Crippen LogP contribution >= 0.6 is 0 Å². The van der Waals surface area contributed by atoms with Crippen LogP contribution in [0.5, 0.6) is 0 Å². The summed E-state index contributed by atoms with van der Waals surface area (Å²) < 4.78 is 37.8. The molecule has 0 aromatic heterocycles. The molecule has 0 aliphatic heterocycles. The van der Waals surface area contributed by atoms with Crippen molar-refractivity contribution in [3.8, 4) is 6.07 Å². The number of nitro benzene ring substituents is 1. The zero-order valence-electron chi connectivity index (χ0n) is 8.15. The molecule has 0 amide bonds. The average molecular weight is 246 g/mol. The third kappa shape index (κ3) is 2.51. The first-order valence-corrected chi connectivity index (χ1v) is 4.20. The highest BCUT2D eigenvalue weighted by Crippen LogP contribution is 2.36. The van der Waals surface area contributed by atoms with E-state index in [1.807, 2.05) is 0 Å². The first-order valence-electron chi connectivity index (χ1n) is 4.20. The van der Waals surface area contributed by atoms with Crippen LogP contribution in [-0.4, -0.2) is 10.0 Å². The second-order valence-corrected chi connectivity index (χ2v) is 3.05. The topological polar surface area (TPSA) is 87.2 Å². The summed E-state index contributed by atoms with van der Waals surface area (Å²) in [5.74, 6) is 0. The first kappa shape index (κ1) is 12.9. The number of non-ortho nitro benzene ring substituents is 1. The maximum Gasteiger partial charge on any atom is 0.418 e. The highest BCUT2D eigenvalue weighted by atomic mass is 19.4. The molecule has 0 heterocycles. The normalized spacial score (nSPS) is 11.0. The van der Waals surface area contributed by atoms with Gasteiger partial charge in [-0.2, -0.15) is 18.4 Å². The number of aliphatic hydroxyl groups excluding tert-OH is 1. The molecule has 0 bridgehead atoms. The third-order valence-corrected chi connectivity index (χ3v) is 1.99. The van der Waals surface area contributed by atoms with Gasteiger partial charge in [-0.3, -0.25) is 10.1 Å². The Hall–Kier alpha value is -2.14. The van der Waals surface area contributed by atoms with Crippen LogP contribution in [0.2, 0.25) is 0 Å². The standard InChI is InChI=1S/C9H5F3N2O3/c10-9(11,12)8-5(3-13)1-7(14(16)17)2-6(8)4-15/h1-2,15H,4H2. The number of rotatable bonds is 2. The predicted molar refractivity (Wildman–Crippen MR) is 48.7 cm³/mol. The monoisotopic (exact) mass is 246 g/mol. The third-order valence-electron chi connectivity index (χ3n) is 1.99. The van der Waals surface area contributed by atoms with Crippen LogP contribution in [0, 0.1) is 21.4 Å². The highest BCUT2D eigenvalue weighted by Gasteiger charge is 2.37. The van der Waals surface area contributed by atoms with Gasteiger partial charge < -0.3 is 5.11 Å². The number of nitriles is 1. The Morgan fingerprint density at radius 3 is 2.41 bits per heavy atom. The van der Waals surface area contributed by atoms with Crippen molar-refractivity contribution < 1.29 is 23.2 Å². The van der Waals surface area contributed by atoms with Crippen molar-refractivity contribution in [1.29, 1.82) is 5.26 Å². The van der Waals surface area contributed by atoms with E-state index < -0.39 is 40.1 Å². The van der Waals surface area contributed by atoms with Gasteiger partial charge in [0.05, 0.1) is 22.7 Å². The SMILES string of the molecule is N#Cc1cc([N+](=O)[O-])cc(CO)c1C(F)(F)F. The number of nitro groups is 1. The van der Waals surface area contributed by atoms with Gasteiger partial charge >= 0.3 is 6.18 Å². The fourth-order valence-corrected chi connectivity index (χ4v) is 1.34. The van der Waals surface area contributed by atoms with Gasteiger partial charge in [0.1, 0.15) is 6.07 Å². The Kier molecular flexibility index (Phi) is 3.34. The fourth-order valence-electron chi connectivity index (χ4n) is 1.34. The van der Waals surface area contributed by atoms with Crippen LogP contribution in [0.1, 0.15) is 16.7 Å². The Morgan fingerprint density at radius 1 is 1.47 bits per heavy atom. The van der Waals surface area contributed by atoms with Gasteiger partial charge in [0.25, 0.3) is 5.69 Å². The van der Waals surface area contributed by atoms with Gasteiger partial charge in [0.15, 0.2) is 0 Å². The molecule has 0 saturated carbocycles. The average Bonchev–Trinajstić information content (AvgIpc) is 2.25. The minimum atomic E-state index is -4.85. The van der Waals surface area contributed by atoms with Crippen molar-refractivity contribution >= 4 is 5.69 Å². The first-order chi connectivity index (χ1) is 7.81. The molecule has 1 N–H and O–H groups in total. The second kappa shape index (κ2) is 4.39. The molecule has 90 valence electrons. The lowest BCUT2D eigenvalue weighted by Gasteiger charge is -2.12. The summed E-state index contributed by atoms with van der Waals surface area (Å²) in [5.41, 5.74) is -3.58. The summed E-state index contributed by atoms with van der Waals surface area (Å²) in [4.78, 5) is 9.50. The molecule has 8 heteroatoms. The van der Waals surface area contributed by atoms with Crippen molar-refractivity contribution in [1.82, 2.24) is 0 Å². The van der Waals surface area contributed by atoms with Crippen molar-refractivity contribution in [2.45, 2.75) is 12.8 Å². The quantitative estimate of drug-likeness (QED) is 0.638. The molecule has 17 heavy (non-hydrogen) atoms. The number of aliphatic hydroxyl groups is 1. The lowest BCUT2D eigenvalue weighted by atomic mass is 10.0. The molecule has 0 saturated heterocycles. The number of halogens is 3. The fraction of sp³-hybridized carbons (Fsp3) is 0.222. The van der Waals surface area contributed by atoms with Gasteiger partial charge in [-0.1, -0.05) is 0 Å². The van der Waals surface area contributed by atoms with E-state index in [0.29, 0.717) is 12.1 Å². The van der Waals surface area contributed by atoms with E-state index in [9.17, 15) is 23.3 Å². The van der Waals surface area contributed by atoms with Gasteiger partial charge in [-0.25, -0.2) is 0 Å². The molecule has 1 aromatic carbocycles. The molecule has 0 atom stereocenters. The Labute approximate surface area is 92.9 Å². The minimum Gasteiger partial charge on any atom is -0.392 e. The Balaban J connectivity index is 3.61. The van der Waals surface area contributed by atoms with Crippen LogP contribution < -0.4 is 0 Å². The van der Waals surface area contributed by atoms with Gasteiger partial charge in [-0.05, 0) is 5.56 Å². The Morgan fingerprint density at radius 2 is 2.06 bits per heavy atom. The van der Waals surface area contributed by atoms with Crippen molar-refractivity contribution in [2.75, 3.05) is 0 Å². The maximum absolute atomic E-state index is 12.6. The van der Waals surface area contributed by atoms with Gasteiger partial charge in [0.2, 0.25) is 0 Å². The molecular formula is C9H5F3N2O3. The summed E-state index contributed by atoms with van der Waals surface area (Å²) in [6.07, 6.45) is -4.85. The minimum absolute atomic E-state index is 0.530. The van der Waals surface area contributed by atoms with E-state index >= 15 is 0 Å². The second-order valence-electron chi connectivity index (χ2n) is 3.05. The molecule has 1 aromatic rings. The van der Waals surface area contributed by atoms with Crippen molar-refractivity contribution in [2.24, 2.45) is 0 Å². The number of nitrogens with zero attached hydrogens (tertiary/aromatic N) is 2. The lowest BCUT2D eigenvalue weighted by Crippen LogP contribution is -2.12. The van der Waals surface area contributed by atoms with Crippen molar-refractivity contribution in [3.05, 3.63) is 38.9 Å². The van der Waals surface area contributed by atoms with Crippen LogP contribution in [0.4, 0.5) is 18.9 Å². The highest BCUT2D eigenvalue weighted by molar-refractivity contribution is 5.52. The van der Waals surface area contributed by atoms with E-state index in [1.165, 1.54) is 6.07 Å². The predicted octanol–water partition coefficient (Wildman–Crippen LogP) is 1.98. The van der Waals surface area contributed by atoms with Gasteiger partial charge in [0, 0.05) is 12.1 Å². The van der Waals surface area contributed by atoms with E-state index in [2.05, 4.69) is 0 Å². The summed E-state index contributed by atoms with van der Waals surface area (Å²) in [5, 5.41) is 27.8. The largest absolute Gasteiger partial charge is 0.418 e. The zero-order valence-corrected chi connectivity index (χ0v) is 8.15. The molecule has 0 spiro atoms. The number of alkyl halides is 3.